The van der Waals surface area contributed by atoms with Crippen LogP contribution in [0, 0.1) is 6.92 Å². The Hall–Kier alpha value is -3.05. The third-order valence-corrected chi connectivity index (χ3v) is 4.50. The second kappa shape index (κ2) is 6.35. The number of halogens is 1. The smallest absolute Gasteiger partial charge is 0.256 e. The number of carbonyl (C=O) groups excluding carboxylic acids is 1. The highest BCUT2D eigenvalue weighted by molar-refractivity contribution is 6.36. The van der Waals surface area contributed by atoms with Crippen molar-refractivity contribution in [3.63, 3.8) is 0 Å². The quantitative estimate of drug-likeness (QED) is 0.702. The molecule has 1 amide bonds. The number of nitrogens with one attached hydrogen (secondary N) is 1. The van der Waals surface area contributed by atoms with Gasteiger partial charge in [0.1, 0.15) is 5.75 Å². The molecule has 1 aromatic heterocycles. The molecule has 0 saturated heterocycles. The number of anilines is 1. The molecule has 1 aliphatic heterocycles. The third kappa shape index (κ3) is 2.86. The van der Waals surface area contributed by atoms with E-state index in [1.807, 2.05) is 48.0 Å². The molecule has 3 aromatic rings. The molecule has 26 heavy (non-hydrogen) atoms. The maximum atomic E-state index is 12.3. The van der Waals surface area contributed by atoms with Crippen LogP contribution in [0.1, 0.15) is 16.8 Å². The van der Waals surface area contributed by atoms with Crippen molar-refractivity contribution in [2.45, 2.75) is 6.92 Å². The minimum absolute atomic E-state index is 0.143. The van der Waals surface area contributed by atoms with Gasteiger partial charge in [0.2, 0.25) is 0 Å². The molecule has 2 heterocycles. The molecule has 1 aliphatic rings. The number of nitrogens with zero attached hydrogens (tertiary/aromatic N) is 2. The molecule has 0 atom stereocenters. The summed E-state index contributed by atoms with van der Waals surface area (Å²) in [5.41, 5.74) is 4.82. The van der Waals surface area contributed by atoms with Crippen molar-refractivity contribution < 1.29 is 9.53 Å². The fraction of sp³-hybridized carbons (Fsp3) is 0.100. The van der Waals surface area contributed by atoms with E-state index in [0.29, 0.717) is 16.3 Å². The normalized spacial score (nSPS) is 14.4. The second-order valence-corrected chi connectivity index (χ2v) is 6.49. The topological polar surface area (TPSA) is 56.1 Å². The number of imidazole rings is 1. The van der Waals surface area contributed by atoms with Crippen molar-refractivity contribution in [3.05, 3.63) is 70.8 Å². The van der Waals surface area contributed by atoms with E-state index in [4.69, 9.17) is 16.3 Å². The zero-order chi connectivity index (χ0) is 18.3. The van der Waals surface area contributed by atoms with E-state index >= 15 is 0 Å². The first-order valence-electron chi connectivity index (χ1n) is 8.07. The van der Waals surface area contributed by atoms with Crippen LogP contribution in [0.25, 0.3) is 17.3 Å². The minimum atomic E-state index is -0.143. The van der Waals surface area contributed by atoms with Crippen LogP contribution in [0.3, 0.4) is 0 Å². The molecule has 2 aromatic carbocycles. The fourth-order valence-corrected chi connectivity index (χ4v) is 3.19. The molecule has 0 unspecified atom stereocenters. The summed E-state index contributed by atoms with van der Waals surface area (Å²) < 4.78 is 7.44. The van der Waals surface area contributed by atoms with Crippen molar-refractivity contribution in [1.82, 2.24) is 9.55 Å². The molecule has 1 N–H and O–H groups in total. The van der Waals surface area contributed by atoms with Gasteiger partial charge in [-0.25, -0.2) is 4.98 Å². The van der Waals surface area contributed by atoms with Crippen LogP contribution in [0.4, 0.5) is 5.69 Å². The summed E-state index contributed by atoms with van der Waals surface area (Å²) in [5, 5.41) is 3.45. The Balaban J connectivity index is 1.77. The highest BCUT2D eigenvalue weighted by Crippen LogP contribution is 2.35. The van der Waals surface area contributed by atoms with E-state index in [9.17, 15) is 4.79 Å². The van der Waals surface area contributed by atoms with Crippen LogP contribution in [-0.4, -0.2) is 22.6 Å². The van der Waals surface area contributed by atoms with Crippen LogP contribution in [0.5, 0.6) is 5.75 Å². The summed E-state index contributed by atoms with van der Waals surface area (Å²) in [6.45, 7) is 1.93. The van der Waals surface area contributed by atoms with Gasteiger partial charge in [0.15, 0.2) is 0 Å². The van der Waals surface area contributed by atoms with E-state index in [0.717, 1.165) is 28.2 Å². The first-order valence-corrected chi connectivity index (χ1v) is 8.45. The van der Waals surface area contributed by atoms with Crippen molar-refractivity contribution in [1.29, 1.82) is 0 Å². The Kier molecular flexibility index (Phi) is 4.01. The SMILES string of the molecule is COc1cc(/C=C2/C(=O)Nc3ccc(Cl)cc32)ccc1-n1cnc(C)c1. The zero-order valence-corrected chi connectivity index (χ0v) is 15.0. The minimum Gasteiger partial charge on any atom is -0.495 e. The monoisotopic (exact) mass is 365 g/mol. The number of fused-ring (bicyclic) bond motifs is 1. The number of methoxy groups -OCH3 is 1. The molecule has 0 saturated carbocycles. The van der Waals surface area contributed by atoms with Gasteiger partial charge in [0.05, 0.1) is 24.8 Å². The standard InChI is InChI=1S/C20H16ClN3O2/c1-12-10-24(11-22-12)18-6-3-13(8-19(18)26-2)7-16-15-9-14(21)4-5-17(15)23-20(16)25/h3-11H,1-2H3,(H,23,25)/b16-7+. The molecule has 0 fully saturated rings. The molecule has 0 bridgehead atoms. The zero-order valence-electron chi connectivity index (χ0n) is 14.3. The van der Waals surface area contributed by atoms with E-state index < -0.39 is 0 Å². The van der Waals surface area contributed by atoms with Crippen LogP contribution < -0.4 is 10.1 Å². The Labute approximate surface area is 155 Å². The molecule has 6 heteroatoms. The van der Waals surface area contributed by atoms with E-state index in [2.05, 4.69) is 10.3 Å². The summed E-state index contributed by atoms with van der Waals surface area (Å²) in [6.07, 6.45) is 5.51. The average molecular weight is 366 g/mol. The molecular formula is C20H16ClN3O2. The van der Waals surface area contributed by atoms with Gasteiger partial charge in [-0.3, -0.25) is 4.79 Å². The third-order valence-electron chi connectivity index (χ3n) is 4.27. The van der Waals surface area contributed by atoms with Crippen LogP contribution in [0.2, 0.25) is 5.02 Å². The maximum absolute atomic E-state index is 12.3. The summed E-state index contributed by atoms with van der Waals surface area (Å²) in [6, 6.07) is 11.1. The fourth-order valence-electron chi connectivity index (χ4n) is 3.02. The van der Waals surface area contributed by atoms with Gasteiger partial charge in [-0.2, -0.15) is 0 Å². The highest BCUT2D eigenvalue weighted by atomic mass is 35.5. The Morgan fingerprint density at radius 2 is 2.08 bits per heavy atom. The molecule has 130 valence electrons. The Morgan fingerprint density at radius 3 is 2.81 bits per heavy atom. The molecular weight excluding hydrogens is 350 g/mol. The van der Waals surface area contributed by atoms with Crippen LogP contribution >= 0.6 is 11.6 Å². The number of amides is 1. The first-order chi connectivity index (χ1) is 12.5. The predicted octanol–water partition coefficient (Wildman–Crippen LogP) is 4.34. The summed E-state index contributed by atoms with van der Waals surface area (Å²) in [4.78, 5) is 16.6. The molecule has 0 radical (unpaired) electrons. The average Bonchev–Trinajstić information content (AvgIpc) is 3.19. The van der Waals surface area contributed by atoms with Gasteiger partial charge >= 0.3 is 0 Å². The van der Waals surface area contributed by atoms with Gasteiger partial charge < -0.3 is 14.6 Å². The lowest BCUT2D eigenvalue weighted by Crippen LogP contribution is -2.03. The van der Waals surface area contributed by atoms with Crippen molar-refractivity contribution in [2.75, 3.05) is 12.4 Å². The number of hydrogen-bond acceptors (Lipinski definition) is 3. The van der Waals surface area contributed by atoms with E-state index in [-0.39, 0.29) is 5.91 Å². The molecule has 4 rings (SSSR count). The van der Waals surface area contributed by atoms with Gasteiger partial charge in [0.25, 0.3) is 5.91 Å². The first kappa shape index (κ1) is 16.4. The lowest BCUT2D eigenvalue weighted by molar-refractivity contribution is -0.110. The predicted molar refractivity (Wildman–Crippen MR) is 103 cm³/mol. The Bertz CT molecular complexity index is 1050. The molecule has 5 nitrogen and oxygen atoms in total. The van der Waals surface area contributed by atoms with Gasteiger partial charge in [0, 0.05) is 28.0 Å². The lowest BCUT2D eigenvalue weighted by Gasteiger charge is -2.10. The second-order valence-electron chi connectivity index (χ2n) is 6.06. The number of carbonyl (C=O) groups is 1. The van der Waals surface area contributed by atoms with Crippen LogP contribution in [0.15, 0.2) is 48.9 Å². The van der Waals surface area contributed by atoms with Crippen LogP contribution in [-0.2, 0) is 4.79 Å². The number of aromatic nitrogens is 2. The summed E-state index contributed by atoms with van der Waals surface area (Å²) in [5.74, 6) is 0.553. The summed E-state index contributed by atoms with van der Waals surface area (Å²) in [7, 11) is 1.62. The number of ether oxygens (including phenoxy) is 1. The summed E-state index contributed by atoms with van der Waals surface area (Å²) >= 11 is 6.08. The van der Waals surface area contributed by atoms with E-state index in [1.165, 1.54) is 0 Å². The van der Waals surface area contributed by atoms with Gasteiger partial charge in [-0.1, -0.05) is 17.7 Å². The van der Waals surface area contributed by atoms with Crippen molar-refractivity contribution >= 4 is 34.8 Å². The molecule has 0 spiro atoms. The lowest BCUT2D eigenvalue weighted by atomic mass is 10.0. The highest BCUT2D eigenvalue weighted by Gasteiger charge is 2.24. The van der Waals surface area contributed by atoms with Crippen molar-refractivity contribution in [3.8, 4) is 11.4 Å². The largest absolute Gasteiger partial charge is 0.495 e. The number of hydrogen-bond donors (Lipinski definition) is 1. The number of benzene rings is 2. The Morgan fingerprint density at radius 1 is 1.23 bits per heavy atom. The van der Waals surface area contributed by atoms with Gasteiger partial charge in [-0.15, -0.1) is 0 Å². The maximum Gasteiger partial charge on any atom is 0.256 e. The number of aryl methyl sites for hydroxylation is 1. The van der Waals surface area contributed by atoms with Gasteiger partial charge in [-0.05, 0) is 48.9 Å². The molecule has 0 aliphatic carbocycles. The van der Waals surface area contributed by atoms with Crippen molar-refractivity contribution in [2.24, 2.45) is 0 Å². The number of rotatable bonds is 3. The van der Waals surface area contributed by atoms with E-state index in [1.54, 1.807) is 25.6 Å².